The summed E-state index contributed by atoms with van der Waals surface area (Å²) in [5.74, 6) is -1.61. The first-order valence-electron chi connectivity index (χ1n) is 4.44. The quantitative estimate of drug-likeness (QED) is 0.258. The Labute approximate surface area is 92.1 Å². The number of hydrogen-bond donors (Lipinski definition) is 4. The molecule has 8 heteroatoms. The molecule has 0 atom stereocenters. The van der Waals surface area contributed by atoms with Gasteiger partial charge in [0.05, 0.1) is 0 Å². The molecule has 16 heavy (non-hydrogen) atoms. The Morgan fingerprint density at radius 3 is 2.25 bits per heavy atom. The van der Waals surface area contributed by atoms with Gasteiger partial charge in [-0.25, -0.2) is 4.99 Å². The van der Waals surface area contributed by atoms with E-state index in [4.69, 9.17) is 5.11 Å². The van der Waals surface area contributed by atoms with Crippen LogP contribution >= 0.6 is 0 Å². The molecule has 0 aromatic carbocycles. The van der Waals surface area contributed by atoms with E-state index in [0.29, 0.717) is 0 Å². The van der Waals surface area contributed by atoms with Crippen molar-refractivity contribution in [2.75, 3.05) is 13.1 Å². The molecule has 0 fully saturated rings. The molecule has 0 aromatic rings. The molecule has 8 nitrogen and oxygen atoms in total. The van der Waals surface area contributed by atoms with Gasteiger partial charge in [0, 0.05) is 6.92 Å². The van der Waals surface area contributed by atoms with Crippen LogP contribution in [0.4, 0.5) is 0 Å². The summed E-state index contributed by atoms with van der Waals surface area (Å²) in [5, 5.41) is 10.8. The van der Waals surface area contributed by atoms with Gasteiger partial charge in [-0.3, -0.25) is 25.2 Å². The number of Topliss-reactive ketones (excluding diaryl/α,β-unsaturated/α-hetero) is 1. The van der Waals surface area contributed by atoms with Crippen molar-refractivity contribution in [3.8, 4) is 0 Å². The smallest absolute Gasteiger partial charge is 0.322 e. The van der Waals surface area contributed by atoms with E-state index in [1.54, 1.807) is 0 Å². The first-order valence-corrected chi connectivity index (χ1v) is 4.44. The van der Waals surface area contributed by atoms with Crippen molar-refractivity contribution in [2.45, 2.75) is 13.8 Å². The number of carbonyl (C=O) groups is 3. The monoisotopic (exact) mass is 230 g/mol. The maximum atomic E-state index is 10.7. The molecule has 0 bridgehead atoms. The molecule has 0 radical (unpaired) electrons. The molecular weight excluding hydrogens is 216 g/mol. The van der Waals surface area contributed by atoms with Crippen LogP contribution in [0.25, 0.3) is 0 Å². The van der Waals surface area contributed by atoms with Crippen molar-refractivity contribution in [3.05, 3.63) is 0 Å². The van der Waals surface area contributed by atoms with Crippen molar-refractivity contribution in [1.29, 1.82) is 0 Å². The van der Waals surface area contributed by atoms with Gasteiger partial charge in [-0.15, -0.1) is 0 Å². The minimum Gasteiger partial charge on any atom is -0.480 e. The second-order valence-electron chi connectivity index (χ2n) is 2.92. The molecule has 1 amide bonds. The molecule has 0 saturated heterocycles. The molecule has 0 unspecified atom stereocenters. The van der Waals surface area contributed by atoms with E-state index in [1.165, 1.54) is 13.8 Å². The van der Waals surface area contributed by atoms with Crippen molar-refractivity contribution < 1.29 is 19.5 Å². The van der Waals surface area contributed by atoms with E-state index in [9.17, 15) is 14.4 Å². The number of hydrogen-bond acceptors (Lipinski definition) is 4. The van der Waals surface area contributed by atoms with Gasteiger partial charge in [0.25, 0.3) is 0 Å². The Morgan fingerprint density at radius 2 is 1.81 bits per heavy atom. The van der Waals surface area contributed by atoms with Gasteiger partial charge in [0.2, 0.25) is 11.9 Å². The molecular formula is C8H14N4O4. The second-order valence-corrected chi connectivity index (χ2v) is 2.92. The van der Waals surface area contributed by atoms with E-state index < -0.39 is 5.97 Å². The molecule has 0 heterocycles. The molecule has 0 aliphatic rings. The highest BCUT2D eigenvalue weighted by Crippen LogP contribution is 1.75. The highest BCUT2D eigenvalue weighted by molar-refractivity contribution is 5.88. The largest absolute Gasteiger partial charge is 0.480 e. The maximum Gasteiger partial charge on any atom is 0.322 e. The molecule has 0 rings (SSSR count). The predicted molar refractivity (Wildman–Crippen MR) is 55.6 cm³/mol. The number of rotatable bonds is 4. The van der Waals surface area contributed by atoms with Gasteiger partial charge in [0.15, 0.2) is 5.78 Å². The second kappa shape index (κ2) is 7.21. The minimum atomic E-state index is -1.08. The van der Waals surface area contributed by atoms with Crippen LogP contribution in [0.15, 0.2) is 4.99 Å². The van der Waals surface area contributed by atoms with Crippen LogP contribution in [0.3, 0.4) is 0 Å². The summed E-state index contributed by atoms with van der Waals surface area (Å²) in [4.78, 5) is 35.3. The lowest BCUT2D eigenvalue weighted by Gasteiger charge is -2.10. The predicted octanol–water partition coefficient (Wildman–Crippen LogP) is -1.75. The number of carboxylic acid groups (broad SMARTS) is 1. The number of aliphatic imine (C=N–C) groups is 1. The van der Waals surface area contributed by atoms with Crippen molar-refractivity contribution in [3.63, 3.8) is 0 Å². The normalized spacial score (nSPS) is 10.5. The van der Waals surface area contributed by atoms with E-state index in [2.05, 4.69) is 21.2 Å². The van der Waals surface area contributed by atoms with E-state index in [1.807, 2.05) is 0 Å². The average Bonchev–Trinajstić information content (AvgIpc) is 2.15. The van der Waals surface area contributed by atoms with Crippen LogP contribution in [-0.4, -0.2) is 41.8 Å². The third-order valence-corrected chi connectivity index (χ3v) is 1.22. The standard InChI is InChI=1S/C8H14N4O4/c1-5(13)3-9-8(10-4-7(15)16)12-11-6(2)14/h3-4H2,1-2H3,(H,11,14)(H,15,16)(H2,9,10,12). The molecule has 4 N–H and O–H groups in total. The lowest BCUT2D eigenvalue weighted by atomic mass is 10.5. The van der Waals surface area contributed by atoms with Crippen LogP contribution in [0.1, 0.15) is 13.8 Å². The van der Waals surface area contributed by atoms with Crippen molar-refractivity contribution >= 4 is 23.6 Å². The Balaban J connectivity index is 4.25. The van der Waals surface area contributed by atoms with Gasteiger partial charge < -0.3 is 10.4 Å². The number of nitrogens with one attached hydrogen (secondary N) is 3. The lowest BCUT2D eigenvalue weighted by molar-refractivity contribution is -0.135. The first kappa shape index (κ1) is 13.9. The number of nitrogens with zero attached hydrogens (tertiary/aromatic N) is 1. The van der Waals surface area contributed by atoms with Gasteiger partial charge in [0.1, 0.15) is 13.1 Å². The Morgan fingerprint density at radius 1 is 1.19 bits per heavy atom. The van der Waals surface area contributed by atoms with Crippen LogP contribution in [-0.2, 0) is 14.4 Å². The Kier molecular flexibility index (Phi) is 6.25. The van der Waals surface area contributed by atoms with Crippen molar-refractivity contribution in [2.24, 2.45) is 4.99 Å². The highest BCUT2D eigenvalue weighted by Gasteiger charge is 2.02. The Hall–Kier alpha value is -2.12. The summed E-state index contributed by atoms with van der Waals surface area (Å²) in [5.41, 5.74) is 4.56. The van der Waals surface area contributed by atoms with Gasteiger partial charge in [-0.05, 0) is 6.92 Å². The minimum absolute atomic E-state index is 0.0211. The fraction of sp³-hybridized carbons (Fsp3) is 0.500. The molecule has 90 valence electrons. The summed E-state index contributed by atoms with van der Waals surface area (Å²) in [6.07, 6.45) is 0. The molecule has 0 saturated carbocycles. The topological polar surface area (TPSA) is 120 Å². The number of ketones is 1. The van der Waals surface area contributed by atoms with E-state index >= 15 is 0 Å². The highest BCUT2D eigenvalue weighted by atomic mass is 16.4. The number of hydrazine groups is 1. The SMILES string of the molecule is CC(=O)CN=C(NCC(=O)O)NNC(C)=O. The van der Waals surface area contributed by atoms with Gasteiger partial charge >= 0.3 is 5.97 Å². The van der Waals surface area contributed by atoms with Gasteiger partial charge in [-0.2, -0.15) is 0 Å². The molecule has 0 spiro atoms. The first-order chi connectivity index (χ1) is 7.41. The number of amides is 1. The lowest BCUT2D eigenvalue weighted by Crippen LogP contribution is -2.48. The molecule has 0 aliphatic heterocycles. The summed E-state index contributed by atoms with van der Waals surface area (Å²) in [6.45, 7) is 2.14. The third kappa shape index (κ3) is 8.48. The Bertz CT molecular complexity index is 293. The number of carboxylic acids is 1. The zero-order chi connectivity index (χ0) is 12.6. The fourth-order valence-electron chi connectivity index (χ4n) is 0.637. The van der Waals surface area contributed by atoms with E-state index in [0.717, 1.165) is 0 Å². The van der Waals surface area contributed by atoms with Crippen LogP contribution in [0, 0.1) is 0 Å². The van der Waals surface area contributed by atoms with Crippen molar-refractivity contribution in [1.82, 2.24) is 16.2 Å². The van der Waals surface area contributed by atoms with Crippen LogP contribution in [0.5, 0.6) is 0 Å². The summed E-state index contributed by atoms with van der Waals surface area (Å²) in [7, 11) is 0. The third-order valence-electron chi connectivity index (χ3n) is 1.22. The number of carbonyl (C=O) groups excluding carboxylic acids is 2. The van der Waals surface area contributed by atoms with Crippen LogP contribution < -0.4 is 16.2 Å². The zero-order valence-electron chi connectivity index (χ0n) is 9.03. The molecule has 0 aromatic heterocycles. The average molecular weight is 230 g/mol. The molecule has 0 aliphatic carbocycles. The number of aliphatic carboxylic acids is 1. The zero-order valence-corrected chi connectivity index (χ0v) is 9.03. The van der Waals surface area contributed by atoms with E-state index in [-0.39, 0.29) is 30.7 Å². The maximum absolute atomic E-state index is 10.7. The summed E-state index contributed by atoms with van der Waals surface area (Å²) < 4.78 is 0. The fourth-order valence-corrected chi connectivity index (χ4v) is 0.637. The van der Waals surface area contributed by atoms with Crippen LogP contribution in [0.2, 0.25) is 0 Å². The van der Waals surface area contributed by atoms with Gasteiger partial charge in [-0.1, -0.05) is 0 Å². The number of guanidine groups is 1. The summed E-state index contributed by atoms with van der Waals surface area (Å²) >= 11 is 0. The summed E-state index contributed by atoms with van der Waals surface area (Å²) in [6, 6.07) is 0.